The van der Waals surface area contributed by atoms with Crippen LogP contribution in [0.4, 0.5) is 0 Å². The third-order valence-electron chi connectivity index (χ3n) is 3.03. The Hall–Kier alpha value is -0.570. The maximum Gasteiger partial charge on any atom is 0.304 e. The van der Waals surface area contributed by atoms with Crippen molar-refractivity contribution in [2.75, 3.05) is 0 Å². The highest BCUT2D eigenvalue weighted by molar-refractivity contribution is 5.67. The zero-order valence-corrected chi connectivity index (χ0v) is 10.2. The van der Waals surface area contributed by atoms with Gasteiger partial charge in [0, 0.05) is 6.04 Å². The summed E-state index contributed by atoms with van der Waals surface area (Å²) in [5.74, 6) is 0.214. The monoisotopic (exact) mass is 215 g/mol. The lowest BCUT2D eigenvalue weighted by molar-refractivity contribution is -0.137. The Bertz CT molecular complexity index is 182. The molecule has 3 nitrogen and oxygen atoms in total. The number of carboxylic acids is 1. The van der Waals surface area contributed by atoms with Gasteiger partial charge in [0.15, 0.2) is 0 Å². The van der Waals surface area contributed by atoms with E-state index in [4.69, 9.17) is 10.8 Å². The second-order valence-electron chi connectivity index (χ2n) is 4.56. The Labute approximate surface area is 93.0 Å². The van der Waals surface area contributed by atoms with Crippen LogP contribution >= 0.6 is 0 Å². The Morgan fingerprint density at radius 2 is 2.00 bits per heavy atom. The predicted octanol–water partition coefficient (Wildman–Crippen LogP) is 2.64. The van der Waals surface area contributed by atoms with Crippen LogP contribution in [0.25, 0.3) is 0 Å². The number of carbonyl (C=O) groups is 1. The third kappa shape index (κ3) is 6.50. The summed E-state index contributed by atoms with van der Waals surface area (Å²) in [5.41, 5.74) is 5.89. The number of nitrogens with two attached hydrogens (primary N) is 1. The van der Waals surface area contributed by atoms with Crippen LogP contribution in [0, 0.1) is 11.8 Å². The van der Waals surface area contributed by atoms with E-state index in [2.05, 4.69) is 20.8 Å². The molecule has 0 aliphatic rings. The molecule has 0 aliphatic heterocycles. The Balaban J connectivity index is 4.04. The van der Waals surface area contributed by atoms with E-state index in [1.54, 1.807) is 0 Å². The fourth-order valence-corrected chi connectivity index (χ4v) is 2.14. The van der Waals surface area contributed by atoms with Gasteiger partial charge in [0.1, 0.15) is 0 Å². The van der Waals surface area contributed by atoms with Crippen LogP contribution in [0.15, 0.2) is 0 Å². The number of rotatable bonds is 8. The molecule has 0 bridgehead atoms. The van der Waals surface area contributed by atoms with E-state index in [0.29, 0.717) is 11.8 Å². The van der Waals surface area contributed by atoms with Crippen LogP contribution in [0.1, 0.15) is 52.9 Å². The molecule has 0 aromatic carbocycles. The second-order valence-corrected chi connectivity index (χ2v) is 4.56. The van der Waals surface area contributed by atoms with Gasteiger partial charge in [-0.15, -0.1) is 0 Å². The molecule has 0 aromatic rings. The van der Waals surface area contributed by atoms with Gasteiger partial charge in [-0.2, -0.15) is 0 Å². The lowest BCUT2D eigenvalue weighted by atomic mass is 9.85. The number of aliphatic carboxylic acids is 1. The molecule has 0 amide bonds. The Morgan fingerprint density at radius 3 is 2.40 bits per heavy atom. The molecule has 0 aromatic heterocycles. The molecule has 90 valence electrons. The molecule has 0 saturated carbocycles. The van der Waals surface area contributed by atoms with E-state index in [0.717, 1.165) is 12.8 Å². The molecule has 3 heteroatoms. The molecule has 0 fully saturated rings. The third-order valence-corrected chi connectivity index (χ3v) is 3.03. The molecule has 0 aliphatic carbocycles. The Morgan fingerprint density at radius 1 is 1.40 bits per heavy atom. The summed E-state index contributed by atoms with van der Waals surface area (Å²) in [7, 11) is 0. The first kappa shape index (κ1) is 14.4. The average molecular weight is 215 g/mol. The lowest BCUT2D eigenvalue weighted by Crippen LogP contribution is -2.33. The van der Waals surface area contributed by atoms with Crippen molar-refractivity contribution in [2.24, 2.45) is 17.6 Å². The van der Waals surface area contributed by atoms with Crippen molar-refractivity contribution < 1.29 is 9.90 Å². The maximum absolute atomic E-state index is 10.6. The highest BCUT2D eigenvalue weighted by atomic mass is 16.4. The Kier molecular flexibility index (Phi) is 7.39. The van der Waals surface area contributed by atoms with Gasteiger partial charge in [0.05, 0.1) is 6.42 Å². The van der Waals surface area contributed by atoms with Crippen LogP contribution < -0.4 is 5.73 Å². The van der Waals surface area contributed by atoms with Crippen LogP contribution in [0.5, 0.6) is 0 Å². The van der Waals surface area contributed by atoms with Crippen molar-refractivity contribution in [1.82, 2.24) is 0 Å². The van der Waals surface area contributed by atoms with E-state index >= 15 is 0 Å². The minimum Gasteiger partial charge on any atom is -0.481 e. The lowest BCUT2D eigenvalue weighted by Gasteiger charge is -2.24. The van der Waals surface area contributed by atoms with Gasteiger partial charge in [-0.3, -0.25) is 4.79 Å². The minimum atomic E-state index is -0.788. The molecule has 0 radical (unpaired) electrons. The van der Waals surface area contributed by atoms with Gasteiger partial charge in [0.25, 0.3) is 0 Å². The van der Waals surface area contributed by atoms with Crippen molar-refractivity contribution in [3.05, 3.63) is 0 Å². The highest BCUT2D eigenvalue weighted by Gasteiger charge is 2.20. The summed E-state index contributed by atoms with van der Waals surface area (Å²) in [6.07, 6.45) is 4.51. The molecule has 3 N–H and O–H groups in total. The van der Waals surface area contributed by atoms with Crippen LogP contribution in [0.3, 0.4) is 0 Å². The summed E-state index contributed by atoms with van der Waals surface area (Å²) in [5, 5.41) is 8.69. The molecule has 0 saturated heterocycles. The molecule has 0 heterocycles. The zero-order chi connectivity index (χ0) is 11.8. The summed E-state index contributed by atoms with van der Waals surface area (Å²) in [6, 6.07) is -0.188. The van der Waals surface area contributed by atoms with Crippen molar-refractivity contribution in [3.8, 4) is 0 Å². The molecule has 15 heavy (non-hydrogen) atoms. The summed E-state index contributed by atoms with van der Waals surface area (Å²) in [4.78, 5) is 10.6. The molecular weight excluding hydrogens is 190 g/mol. The number of carboxylic acid groups (broad SMARTS) is 1. The first-order chi connectivity index (χ1) is 7.01. The SMILES string of the molecule is CCCC(C)CC(CC)C(N)CC(=O)O. The fourth-order valence-electron chi connectivity index (χ4n) is 2.14. The predicted molar refractivity (Wildman–Crippen MR) is 62.7 cm³/mol. The topological polar surface area (TPSA) is 63.3 Å². The first-order valence-electron chi connectivity index (χ1n) is 5.98. The van der Waals surface area contributed by atoms with Crippen LogP contribution in [-0.2, 0) is 4.79 Å². The zero-order valence-electron chi connectivity index (χ0n) is 10.2. The minimum absolute atomic E-state index is 0.0946. The molecular formula is C12H25NO2. The normalized spacial score (nSPS) is 17.1. The van der Waals surface area contributed by atoms with E-state index in [9.17, 15) is 4.79 Å². The smallest absolute Gasteiger partial charge is 0.304 e. The summed E-state index contributed by atoms with van der Waals surface area (Å²) in [6.45, 7) is 6.49. The van der Waals surface area contributed by atoms with Crippen molar-refractivity contribution in [3.63, 3.8) is 0 Å². The second kappa shape index (κ2) is 7.69. The van der Waals surface area contributed by atoms with Gasteiger partial charge < -0.3 is 10.8 Å². The number of hydrogen-bond donors (Lipinski definition) is 2. The standard InChI is InChI=1S/C12H25NO2/c1-4-6-9(3)7-10(5-2)11(13)8-12(14)15/h9-11H,4-8,13H2,1-3H3,(H,14,15). The summed E-state index contributed by atoms with van der Waals surface area (Å²) >= 11 is 0. The quantitative estimate of drug-likeness (QED) is 0.654. The van der Waals surface area contributed by atoms with E-state index in [1.807, 2.05) is 0 Å². The van der Waals surface area contributed by atoms with Crippen LogP contribution in [0.2, 0.25) is 0 Å². The molecule has 0 spiro atoms. The van der Waals surface area contributed by atoms with Crippen molar-refractivity contribution >= 4 is 5.97 Å². The van der Waals surface area contributed by atoms with Gasteiger partial charge in [-0.25, -0.2) is 0 Å². The van der Waals surface area contributed by atoms with E-state index in [-0.39, 0.29) is 12.5 Å². The maximum atomic E-state index is 10.6. The van der Waals surface area contributed by atoms with E-state index < -0.39 is 5.97 Å². The van der Waals surface area contributed by atoms with Gasteiger partial charge >= 0.3 is 5.97 Å². The van der Waals surface area contributed by atoms with Gasteiger partial charge in [-0.1, -0.05) is 40.0 Å². The van der Waals surface area contributed by atoms with Crippen molar-refractivity contribution in [2.45, 2.75) is 58.9 Å². The highest BCUT2D eigenvalue weighted by Crippen LogP contribution is 2.22. The fraction of sp³-hybridized carbons (Fsp3) is 0.917. The molecule has 3 atom stereocenters. The van der Waals surface area contributed by atoms with Crippen LogP contribution in [-0.4, -0.2) is 17.1 Å². The van der Waals surface area contributed by atoms with Gasteiger partial charge in [0.2, 0.25) is 0 Å². The average Bonchev–Trinajstić information content (AvgIpc) is 2.13. The molecule has 3 unspecified atom stereocenters. The molecule has 0 rings (SSSR count). The largest absolute Gasteiger partial charge is 0.481 e. The van der Waals surface area contributed by atoms with Crippen molar-refractivity contribution in [1.29, 1.82) is 0 Å². The first-order valence-corrected chi connectivity index (χ1v) is 5.98. The number of hydrogen-bond acceptors (Lipinski definition) is 2. The van der Waals surface area contributed by atoms with E-state index in [1.165, 1.54) is 12.8 Å². The van der Waals surface area contributed by atoms with Gasteiger partial charge in [-0.05, 0) is 18.3 Å². The summed E-state index contributed by atoms with van der Waals surface area (Å²) < 4.78 is 0.